The van der Waals surface area contributed by atoms with Crippen LogP contribution in [0.2, 0.25) is 0 Å². The second-order valence-electron chi connectivity index (χ2n) is 3.16. The van der Waals surface area contributed by atoms with Crippen molar-refractivity contribution in [3.05, 3.63) is 11.8 Å². The van der Waals surface area contributed by atoms with E-state index in [1.54, 1.807) is 6.92 Å². The monoisotopic (exact) mass is 257 g/mol. The first-order chi connectivity index (χ1) is 7.68. The van der Waals surface area contributed by atoms with Crippen LogP contribution >= 0.6 is 0 Å². The summed E-state index contributed by atoms with van der Waals surface area (Å²) in [5.74, 6) is -8.28. The Bertz CT molecular complexity index is 412. The normalized spacial score (nSPS) is 12.6. The number of hydrogen-bond donors (Lipinski definition) is 2. The van der Waals surface area contributed by atoms with Crippen LogP contribution in [0.25, 0.3) is 0 Å². The largest absolute Gasteiger partial charge is 0.463 e. The average molecular weight is 257 g/mol. The number of aromatic nitrogens is 2. The molecular formula is C8H8F5N3O. The van der Waals surface area contributed by atoms with Crippen LogP contribution in [-0.4, -0.2) is 28.2 Å². The number of hydrogen-bond acceptors (Lipinski definition) is 2. The molecule has 0 spiro atoms. The molecule has 9 heteroatoms. The van der Waals surface area contributed by atoms with E-state index in [1.807, 2.05) is 0 Å². The Morgan fingerprint density at radius 1 is 1.41 bits per heavy atom. The maximum atomic E-state index is 12.5. The van der Waals surface area contributed by atoms with Crippen LogP contribution in [0.4, 0.5) is 27.8 Å². The van der Waals surface area contributed by atoms with Crippen LogP contribution in [0.1, 0.15) is 12.6 Å². The van der Waals surface area contributed by atoms with Crippen molar-refractivity contribution in [3.63, 3.8) is 0 Å². The van der Waals surface area contributed by atoms with Crippen molar-refractivity contribution in [2.75, 3.05) is 5.32 Å². The molecular weight excluding hydrogens is 249 g/mol. The first-order valence-corrected chi connectivity index (χ1v) is 4.48. The molecule has 0 saturated carbocycles. The van der Waals surface area contributed by atoms with Gasteiger partial charge < -0.3 is 5.32 Å². The molecule has 2 N–H and O–H groups in total. The Kier molecular flexibility index (Phi) is 3.39. The number of amides is 1. The van der Waals surface area contributed by atoms with E-state index in [0.717, 1.165) is 0 Å². The molecule has 0 aliphatic rings. The van der Waals surface area contributed by atoms with Gasteiger partial charge in [-0.1, -0.05) is 6.92 Å². The highest BCUT2D eigenvalue weighted by Crippen LogP contribution is 2.36. The van der Waals surface area contributed by atoms with E-state index in [1.165, 1.54) is 11.4 Å². The fourth-order valence-electron chi connectivity index (χ4n) is 0.930. The quantitative estimate of drug-likeness (QED) is 0.815. The summed E-state index contributed by atoms with van der Waals surface area (Å²) in [5.41, 5.74) is 0.496. The van der Waals surface area contributed by atoms with Crippen molar-refractivity contribution in [2.24, 2.45) is 0 Å². The van der Waals surface area contributed by atoms with E-state index in [-0.39, 0.29) is 5.82 Å². The second kappa shape index (κ2) is 4.30. The average Bonchev–Trinajstić information content (AvgIpc) is 2.63. The molecule has 0 aliphatic heterocycles. The van der Waals surface area contributed by atoms with E-state index in [0.29, 0.717) is 12.1 Å². The van der Waals surface area contributed by atoms with Gasteiger partial charge in [-0.2, -0.15) is 27.1 Å². The summed E-state index contributed by atoms with van der Waals surface area (Å²) in [5, 5.41) is 7.12. The summed E-state index contributed by atoms with van der Waals surface area (Å²) in [6.07, 6.45) is -5.46. The Labute approximate surface area is 92.2 Å². The lowest BCUT2D eigenvalue weighted by Gasteiger charge is -2.17. The Morgan fingerprint density at radius 2 is 2.00 bits per heavy atom. The van der Waals surface area contributed by atoms with E-state index in [2.05, 4.69) is 10.2 Å². The standard InChI is InChI=1S/C8H8F5N3O/c1-2-4-3-5(16-15-4)14-6(17)7(9,10)8(11,12)13/h3H,2H2,1H3,(H2,14,15,16,17). The molecule has 17 heavy (non-hydrogen) atoms. The van der Waals surface area contributed by atoms with Crippen LogP contribution in [0.15, 0.2) is 6.07 Å². The Morgan fingerprint density at radius 3 is 2.41 bits per heavy atom. The molecule has 1 heterocycles. The molecule has 1 amide bonds. The first kappa shape index (κ1) is 13.4. The van der Waals surface area contributed by atoms with Gasteiger partial charge in [-0.25, -0.2) is 0 Å². The number of carbonyl (C=O) groups is 1. The van der Waals surface area contributed by atoms with Crippen molar-refractivity contribution < 1.29 is 26.7 Å². The zero-order valence-electron chi connectivity index (χ0n) is 8.53. The maximum Gasteiger partial charge on any atom is 0.463 e. The number of anilines is 1. The van der Waals surface area contributed by atoms with Crippen molar-refractivity contribution in [1.82, 2.24) is 10.2 Å². The SMILES string of the molecule is CCc1cc(NC(=O)C(F)(F)C(F)(F)F)n[nH]1. The molecule has 0 saturated heterocycles. The molecule has 1 rings (SSSR count). The number of aromatic amines is 1. The fourth-order valence-corrected chi connectivity index (χ4v) is 0.930. The van der Waals surface area contributed by atoms with E-state index in [9.17, 15) is 26.7 Å². The van der Waals surface area contributed by atoms with E-state index >= 15 is 0 Å². The third kappa shape index (κ3) is 2.71. The Balaban J connectivity index is 2.79. The zero-order chi connectivity index (χ0) is 13.3. The number of nitrogens with zero attached hydrogens (tertiary/aromatic N) is 1. The minimum Gasteiger partial charge on any atom is -0.304 e. The fraction of sp³-hybridized carbons (Fsp3) is 0.500. The van der Waals surface area contributed by atoms with Gasteiger partial charge in [0, 0.05) is 11.8 Å². The maximum absolute atomic E-state index is 12.5. The third-order valence-corrected chi connectivity index (χ3v) is 1.89. The summed E-state index contributed by atoms with van der Waals surface area (Å²) in [6.45, 7) is 1.71. The van der Waals surface area contributed by atoms with Crippen LogP contribution in [0.5, 0.6) is 0 Å². The summed E-state index contributed by atoms with van der Waals surface area (Å²) in [7, 11) is 0. The number of halogens is 5. The molecule has 0 bridgehead atoms. The summed E-state index contributed by atoms with van der Waals surface area (Å²) < 4.78 is 60.5. The molecule has 96 valence electrons. The lowest BCUT2D eigenvalue weighted by atomic mass is 10.3. The van der Waals surface area contributed by atoms with Gasteiger partial charge in [0.2, 0.25) is 0 Å². The molecule has 0 atom stereocenters. The summed E-state index contributed by atoms with van der Waals surface area (Å²) in [6, 6.07) is 1.17. The predicted octanol–water partition coefficient (Wildman–Crippen LogP) is 2.11. The minimum absolute atomic E-state index is 0.379. The number of alkyl halides is 5. The Hall–Kier alpha value is -1.67. The van der Waals surface area contributed by atoms with Gasteiger partial charge in [0.05, 0.1) is 0 Å². The number of nitrogens with one attached hydrogen (secondary N) is 2. The van der Waals surface area contributed by atoms with E-state index < -0.39 is 18.0 Å². The summed E-state index contributed by atoms with van der Waals surface area (Å²) in [4.78, 5) is 10.7. The lowest BCUT2D eigenvalue weighted by molar-refractivity contribution is -0.267. The molecule has 4 nitrogen and oxygen atoms in total. The molecule has 0 radical (unpaired) electrons. The minimum atomic E-state index is -5.93. The smallest absolute Gasteiger partial charge is 0.304 e. The van der Waals surface area contributed by atoms with Crippen molar-refractivity contribution in [1.29, 1.82) is 0 Å². The number of H-pyrrole nitrogens is 1. The van der Waals surface area contributed by atoms with Gasteiger partial charge in [-0.3, -0.25) is 9.89 Å². The molecule has 1 aromatic heterocycles. The lowest BCUT2D eigenvalue weighted by Crippen LogP contribution is -2.47. The second-order valence-corrected chi connectivity index (χ2v) is 3.16. The summed E-state index contributed by atoms with van der Waals surface area (Å²) >= 11 is 0. The van der Waals surface area contributed by atoms with Gasteiger partial charge >= 0.3 is 18.0 Å². The van der Waals surface area contributed by atoms with Crippen molar-refractivity contribution in [3.8, 4) is 0 Å². The van der Waals surface area contributed by atoms with Crippen molar-refractivity contribution >= 4 is 11.7 Å². The number of rotatable bonds is 3. The highest BCUT2D eigenvalue weighted by molar-refractivity contribution is 5.95. The number of carbonyl (C=O) groups excluding carboxylic acids is 1. The van der Waals surface area contributed by atoms with Crippen LogP contribution < -0.4 is 5.32 Å². The first-order valence-electron chi connectivity index (χ1n) is 4.48. The van der Waals surface area contributed by atoms with Crippen LogP contribution in [-0.2, 0) is 11.2 Å². The molecule has 0 unspecified atom stereocenters. The zero-order valence-corrected chi connectivity index (χ0v) is 8.53. The highest BCUT2D eigenvalue weighted by atomic mass is 19.4. The van der Waals surface area contributed by atoms with Crippen LogP contribution in [0.3, 0.4) is 0 Å². The van der Waals surface area contributed by atoms with Gasteiger partial charge in [0.15, 0.2) is 5.82 Å². The highest BCUT2D eigenvalue weighted by Gasteiger charge is 2.63. The van der Waals surface area contributed by atoms with Crippen molar-refractivity contribution in [2.45, 2.75) is 25.4 Å². The topological polar surface area (TPSA) is 57.8 Å². The molecule has 0 aliphatic carbocycles. The van der Waals surface area contributed by atoms with Gasteiger partial charge in [-0.15, -0.1) is 0 Å². The molecule has 0 fully saturated rings. The van der Waals surface area contributed by atoms with E-state index in [4.69, 9.17) is 0 Å². The number of aryl methyl sites for hydroxylation is 1. The predicted molar refractivity (Wildman–Crippen MR) is 47.6 cm³/mol. The van der Waals surface area contributed by atoms with Crippen LogP contribution in [0, 0.1) is 0 Å². The van der Waals surface area contributed by atoms with Gasteiger partial charge in [0.25, 0.3) is 0 Å². The third-order valence-electron chi connectivity index (χ3n) is 1.89. The molecule has 1 aromatic rings. The van der Waals surface area contributed by atoms with Gasteiger partial charge in [0.1, 0.15) is 0 Å². The molecule has 0 aromatic carbocycles. The van der Waals surface area contributed by atoms with Gasteiger partial charge in [-0.05, 0) is 6.42 Å².